The molecule has 0 radical (unpaired) electrons. The second kappa shape index (κ2) is 9.65. The Labute approximate surface area is 189 Å². The average Bonchev–Trinajstić information content (AvgIpc) is 2.76. The second-order valence-corrected chi connectivity index (χ2v) is 8.52. The van der Waals surface area contributed by atoms with E-state index in [2.05, 4.69) is 10.0 Å². The number of ether oxygens (including phenoxy) is 1. The molecular formula is C22H20FN3O6S. The molecule has 0 heterocycles. The van der Waals surface area contributed by atoms with Crippen molar-refractivity contribution in [2.75, 3.05) is 16.6 Å². The van der Waals surface area contributed by atoms with Gasteiger partial charge in [-0.15, -0.1) is 0 Å². The minimum atomic E-state index is -4.19. The van der Waals surface area contributed by atoms with Crippen LogP contribution in [0.4, 0.5) is 21.5 Å². The third-order valence-corrected chi connectivity index (χ3v) is 6.04. The van der Waals surface area contributed by atoms with Crippen LogP contribution in [-0.4, -0.2) is 25.9 Å². The van der Waals surface area contributed by atoms with Crippen LogP contribution in [0.5, 0.6) is 5.75 Å². The molecule has 0 fully saturated rings. The number of carbonyl (C=O) groups is 1. The molecule has 0 saturated carbocycles. The van der Waals surface area contributed by atoms with Crippen molar-refractivity contribution in [2.45, 2.75) is 18.7 Å². The average molecular weight is 473 g/mol. The maximum Gasteiger partial charge on any atom is 0.274 e. The zero-order valence-electron chi connectivity index (χ0n) is 17.7. The summed E-state index contributed by atoms with van der Waals surface area (Å²) in [5, 5.41) is 13.6. The maximum absolute atomic E-state index is 14.0. The second-order valence-electron chi connectivity index (χ2n) is 6.84. The minimum absolute atomic E-state index is 0.0174. The van der Waals surface area contributed by atoms with Gasteiger partial charge in [0.2, 0.25) is 0 Å². The molecule has 9 nitrogen and oxygen atoms in total. The van der Waals surface area contributed by atoms with Crippen molar-refractivity contribution < 1.29 is 27.3 Å². The highest BCUT2D eigenvalue weighted by Gasteiger charge is 2.22. The van der Waals surface area contributed by atoms with Gasteiger partial charge < -0.3 is 10.1 Å². The molecule has 0 aliphatic carbocycles. The van der Waals surface area contributed by atoms with E-state index in [1.807, 2.05) is 0 Å². The summed E-state index contributed by atoms with van der Waals surface area (Å²) in [4.78, 5) is 22.9. The first kappa shape index (κ1) is 23.7. The predicted octanol–water partition coefficient (Wildman–Crippen LogP) is 4.49. The number of halogens is 1. The topological polar surface area (TPSA) is 128 Å². The summed E-state index contributed by atoms with van der Waals surface area (Å²) in [5.74, 6) is -1.33. The van der Waals surface area contributed by atoms with Crippen LogP contribution in [0.2, 0.25) is 0 Å². The first-order valence-electron chi connectivity index (χ1n) is 9.73. The van der Waals surface area contributed by atoms with Crippen LogP contribution in [0, 0.1) is 22.9 Å². The molecule has 3 rings (SSSR count). The molecule has 0 atom stereocenters. The molecule has 33 heavy (non-hydrogen) atoms. The number of anilines is 2. The van der Waals surface area contributed by atoms with Crippen LogP contribution in [-0.2, 0) is 10.0 Å². The van der Waals surface area contributed by atoms with Gasteiger partial charge in [0, 0.05) is 6.07 Å². The van der Waals surface area contributed by atoms with Crippen molar-refractivity contribution in [1.82, 2.24) is 0 Å². The summed E-state index contributed by atoms with van der Waals surface area (Å²) in [7, 11) is -4.19. The van der Waals surface area contributed by atoms with Gasteiger partial charge in [-0.3, -0.25) is 19.6 Å². The number of rotatable bonds is 8. The Hall–Kier alpha value is -3.99. The highest BCUT2D eigenvalue weighted by Crippen LogP contribution is 2.31. The number of nitrogens with one attached hydrogen (secondary N) is 2. The molecule has 11 heteroatoms. The van der Waals surface area contributed by atoms with Gasteiger partial charge in [0.25, 0.3) is 21.6 Å². The predicted molar refractivity (Wildman–Crippen MR) is 121 cm³/mol. The van der Waals surface area contributed by atoms with Gasteiger partial charge in [0.05, 0.1) is 38.9 Å². The van der Waals surface area contributed by atoms with E-state index in [1.165, 1.54) is 61.5 Å². The summed E-state index contributed by atoms with van der Waals surface area (Å²) in [6.45, 7) is 3.37. The lowest BCUT2D eigenvalue weighted by atomic mass is 10.2. The number of amides is 1. The fraction of sp³-hybridized carbons (Fsp3) is 0.136. The molecule has 172 valence electrons. The van der Waals surface area contributed by atoms with Crippen molar-refractivity contribution in [1.29, 1.82) is 0 Å². The Balaban J connectivity index is 1.97. The SMILES string of the molecule is CCOc1ccc(S(=O)(=O)Nc2cccc([N+](=O)[O-])c2C)cc1NC(=O)c1ccccc1F. The van der Waals surface area contributed by atoms with Crippen LogP contribution in [0.3, 0.4) is 0 Å². The molecule has 0 aliphatic rings. The first-order chi connectivity index (χ1) is 15.6. The Kier molecular flexibility index (Phi) is 6.92. The van der Waals surface area contributed by atoms with Crippen LogP contribution < -0.4 is 14.8 Å². The molecule has 0 unspecified atom stereocenters. The van der Waals surface area contributed by atoms with Crippen LogP contribution in [0.1, 0.15) is 22.8 Å². The zero-order valence-corrected chi connectivity index (χ0v) is 18.5. The lowest BCUT2D eigenvalue weighted by Crippen LogP contribution is -2.17. The van der Waals surface area contributed by atoms with Gasteiger partial charge in [-0.05, 0) is 50.2 Å². The van der Waals surface area contributed by atoms with Crippen molar-refractivity contribution >= 4 is 33.0 Å². The molecular weight excluding hydrogens is 453 g/mol. The van der Waals surface area contributed by atoms with Gasteiger partial charge in [-0.2, -0.15) is 0 Å². The summed E-state index contributed by atoms with van der Waals surface area (Å²) in [6.07, 6.45) is 0. The molecule has 0 aromatic heterocycles. The Morgan fingerprint density at radius 2 is 1.82 bits per heavy atom. The van der Waals surface area contributed by atoms with E-state index < -0.39 is 26.7 Å². The van der Waals surface area contributed by atoms with Gasteiger partial charge in [0.1, 0.15) is 11.6 Å². The molecule has 0 bridgehead atoms. The third kappa shape index (κ3) is 5.26. The fourth-order valence-corrected chi connectivity index (χ4v) is 4.17. The van der Waals surface area contributed by atoms with Crippen molar-refractivity contribution in [2.24, 2.45) is 0 Å². The summed E-state index contributed by atoms with van der Waals surface area (Å²) >= 11 is 0. The van der Waals surface area contributed by atoms with E-state index in [-0.39, 0.29) is 45.4 Å². The number of benzene rings is 3. The van der Waals surface area contributed by atoms with Gasteiger partial charge in [-0.1, -0.05) is 18.2 Å². The number of nitro groups is 1. The number of hydrogen-bond acceptors (Lipinski definition) is 6. The number of hydrogen-bond donors (Lipinski definition) is 2. The zero-order chi connectivity index (χ0) is 24.2. The maximum atomic E-state index is 14.0. The molecule has 0 spiro atoms. The fourth-order valence-electron chi connectivity index (χ4n) is 3.03. The smallest absolute Gasteiger partial charge is 0.274 e. The van der Waals surface area contributed by atoms with Crippen molar-refractivity contribution in [3.05, 3.63) is 87.7 Å². The number of nitrogens with zero attached hydrogens (tertiary/aromatic N) is 1. The lowest BCUT2D eigenvalue weighted by molar-refractivity contribution is -0.385. The van der Waals surface area contributed by atoms with Crippen LogP contribution >= 0.6 is 0 Å². The molecule has 0 saturated heterocycles. The monoisotopic (exact) mass is 473 g/mol. The van der Waals surface area contributed by atoms with E-state index >= 15 is 0 Å². The van der Waals surface area contributed by atoms with E-state index in [1.54, 1.807) is 6.92 Å². The molecule has 2 N–H and O–H groups in total. The molecule has 1 amide bonds. The quantitative estimate of drug-likeness (QED) is 0.366. The summed E-state index contributed by atoms with van der Waals surface area (Å²) < 4.78 is 47.7. The van der Waals surface area contributed by atoms with E-state index in [9.17, 15) is 27.7 Å². The third-order valence-electron chi connectivity index (χ3n) is 4.67. The molecule has 0 aliphatic heterocycles. The number of nitro benzene ring substituents is 1. The molecule has 3 aromatic rings. The van der Waals surface area contributed by atoms with E-state index in [0.717, 1.165) is 6.07 Å². The standard InChI is InChI=1S/C22H20FN3O6S/c1-3-32-21-12-11-15(13-19(21)24-22(27)16-7-4-5-8-17(16)23)33(30,31)25-18-9-6-10-20(14(18)2)26(28)29/h4-13,25H,3H2,1-2H3,(H,24,27). The van der Waals surface area contributed by atoms with E-state index in [4.69, 9.17) is 4.74 Å². The largest absolute Gasteiger partial charge is 0.492 e. The highest BCUT2D eigenvalue weighted by atomic mass is 32.2. The Morgan fingerprint density at radius 3 is 2.48 bits per heavy atom. The normalized spacial score (nSPS) is 11.0. The first-order valence-corrected chi connectivity index (χ1v) is 11.2. The summed E-state index contributed by atoms with van der Waals surface area (Å²) in [5.41, 5.74) is -0.262. The van der Waals surface area contributed by atoms with Crippen molar-refractivity contribution in [3.63, 3.8) is 0 Å². The van der Waals surface area contributed by atoms with Crippen molar-refractivity contribution in [3.8, 4) is 5.75 Å². The highest BCUT2D eigenvalue weighted by molar-refractivity contribution is 7.92. The Morgan fingerprint density at radius 1 is 1.09 bits per heavy atom. The number of carbonyl (C=O) groups excluding carboxylic acids is 1. The minimum Gasteiger partial charge on any atom is -0.492 e. The Bertz CT molecular complexity index is 1330. The molecule has 3 aromatic carbocycles. The van der Waals surface area contributed by atoms with Gasteiger partial charge >= 0.3 is 0 Å². The number of sulfonamides is 1. The van der Waals surface area contributed by atoms with Crippen LogP contribution in [0.15, 0.2) is 65.6 Å². The summed E-state index contributed by atoms with van der Waals surface area (Å²) in [6, 6.07) is 13.2. The van der Waals surface area contributed by atoms with E-state index in [0.29, 0.717) is 0 Å². The van der Waals surface area contributed by atoms with Gasteiger partial charge in [-0.25, -0.2) is 12.8 Å². The van der Waals surface area contributed by atoms with Gasteiger partial charge in [0.15, 0.2) is 0 Å². The lowest BCUT2D eigenvalue weighted by Gasteiger charge is -2.15. The van der Waals surface area contributed by atoms with Crippen LogP contribution in [0.25, 0.3) is 0 Å².